The van der Waals surface area contributed by atoms with Crippen LogP contribution in [0.3, 0.4) is 0 Å². The van der Waals surface area contributed by atoms with Gasteiger partial charge in [0.2, 0.25) is 0 Å². The van der Waals surface area contributed by atoms with E-state index in [1.54, 1.807) is 144 Å². The number of rotatable bonds is 14. The molecule has 0 aliphatic heterocycles. The summed E-state index contributed by atoms with van der Waals surface area (Å²) in [5, 5.41) is 30.6. The molecule has 20 nitrogen and oxygen atoms in total. The van der Waals surface area contributed by atoms with E-state index in [0.29, 0.717) is 116 Å². The predicted octanol–water partition coefficient (Wildman–Crippen LogP) is 12.7. The van der Waals surface area contributed by atoms with E-state index in [1.807, 2.05) is 74.4 Å². The second kappa shape index (κ2) is 30.0. The van der Waals surface area contributed by atoms with Gasteiger partial charge in [-0.05, 0) is 129 Å². The average molecular weight is 1390 g/mol. The molecule has 0 unspecified atom stereocenters. The summed E-state index contributed by atoms with van der Waals surface area (Å²) in [4.78, 5) is 81.4. The minimum absolute atomic E-state index is 0. The Morgan fingerprint density at radius 3 is 1.15 bits per heavy atom. The lowest BCUT2D eigenvalue weighted by Gasteiger charge is -2.22. The highest BCUT2D eigenvalue weighted by atomic mass is 79.9. The van der Waals surface area contributed by atoms with E-state index < -0.39 is 19.1 Å². The summed E-state index contributed by atoms with van der Waals surface area (Å²) in [7, 11) is 9.53. The molecule has 6 heterocycles. The molecule has 0 radical (unpaired) electrons. The van der Waals surface area contributed by atoms with Crippen molar-refractivity contribution in [3.63, 3.8) is 0 Å². The highest BCUT2D eigenvalue weighted by molar-refractivity contribution is 9.10. The number of pyridine rings is 3. The molecule has 93 heavy (non-hydrogen) atoms. The molecular weight excluding hydrogens is 1320 g/mol. The lowest BCUT2D eigenvalue weighted by atomic mass is 9.88. The Morgan fingerprint density at radius 1 is 0.495 bits per heavy atom. The summed E-state index contributed by atoms with van der Waals surface area (Å²) in [6.45, 7) is 3.71. The molecule has 25 heteroatoms. The first kappa shape index (κ1) is 69.6. The second-order valence-electron chi connectivity index (χ2n) is 21.3. The summed E-state index contributed by atoms with van der Waals surface area (Å²) in [6, 6.07) is 36.6. The molecular formula is C68H65BBrCl3N6O14. The van der Waals surface area contributed by atoms with Crippen molar-refractivity contribution < 1.29 is 52.3 Å². The number of carbonyl (C=O) groups excluding carboxylic acids is 2. The minimum atomic E-state index is -1.48. The maximum Gasteiger partial charge on any atom is 0.526 e. The molecule has 6 aromatic heterocycles. The summed E-state index contributed by atoms with van der Waals surface area (Å²) in [6.07, 6.45) is 4.54. The quantitative estimate of drug-likeness (QED) is 0.0520. The smallest absolute Gasteiger partial charge is 0.480 e. The number of carbonyl (C=O) groups is 3. The Hall–Kier alpha value is -9.29. The van der Waals surface area contributed by atoms with E-state index in [9.17, 15) is 33.9 Å². The van der Waals surface area contributed by atoms with Crippen LogP contribution in [-0.4, -0.2) is 109 Å². The van der Waals surface area contributed by atoms with Crippen molar-refractivity contribution in [2.24, 2.45) is 0 Å². The van der Waals surface area contributed by atoms with Crippen LogP contribution in [0.5, 0.6) is 0 Å². The molecule has 0 aliphatic carbocycles. The number of carboxylic acid groups (broad SMARTS) is 1. The summed E-state index contributed by atoms with van der Waals surface area (Å²) < 4.78 is 32.0. The van der Waals surface area contributed by atoms with Crippen LogP contribution in [0, 0.1) is 0 Å². The molecule has 482 valence electrons. The Balaban J connectivity index is 0.000000168. The maximum atomic E-state index is 13.3. The number of hydrogen-bond donors (Lipinski definition) is 3. The fourth-order valence-electron chi connectivity index (χ4n) is 10.9. The van der Waals surface area contributed by atoms with Crippen LogP contribution >= 0.6 is 50.7 Å². The van der Waals surface area contributed by atoms with E-state index >= 15 is 0 Å². The van der Waals surface area contributed by atoms with Gasteiger partial charge in [0.25, 0.3) is 0 Å². The van der Waals surface area contributed by atoms with Gasteiger partial charge in [0.05, 0.1) is 97.2 Å². The largest absolute Gasteiger partial charge is 0.526 e. The fraction of sp³-hybridized carbons (Fsp3) is 0.206. The number of esters is 2. The zero-order valence-electron chi connectivity index (χ0n) is 51.0. The van der Waals surface area contributed by atoms with Crippen molar-refractivity contribution in [3.05, 3.63) is 196 Å². The monoisotopic (exact) mass is 1380 g/mol. The summed E-state index contributed by atoms with van der Waals surface area (Å²) >= 11 is 22.8. The number of fused-ring (bicyclic) bond motifs is 6. The minimum Gasteiger partial charge on any atom is -0.480 e. The van der Waals surface area contributed by atoms with Crippen LogP contribution in [0.1, 0.15) is 21.3 Å². The molecule has 0 amide bonds. The maximum absolute atomic E-state index is 13.3. The van der Waals surface area contributed by atoms with Gasteiger partial charge in [-0.1, -0.05) is 70.3 Å². The lowest BCUT2D eigenvalue weighted by molar-refractivity contribution is -0.144. The number of furan rings is 3. The van der Waals surface area contributed by atoms with Gasteiger partial charge in [-0.15, -0.1) is 0 Å². The number of aromatic nitrogens is 3. The number of hydrogen-bond acceptors (Lipinski definition) is 16. The highest BCUT2D eigenvalue weighted by Crippen LogP contribution is 2.38. The molecule has 0 saturated heterocycles. The third-order valence-electron chi connectivity index (χ3n) is 14.6. The number of halogens is 4. The number of benzene rings is 6. The molecule has 3 N–H and O–H groups in total. The second-order valence-corrected chi connectivity index (χ2v) is 23.4. The molecule has 0 spiro atoms. The first-order valence-electron chi connectivity index (χ1n) is 28.5. The Morgan fingerprint density at radius 2 is 0.839 bits per heavy atom. The van der Waals surface area contributed by atoms with Crippen molar-refractivity contribution >= 4 is 164 Å². The number of aliphatic carboxylic acids is 1. The molecule has 0 fully saturated rings. The molecule has 0 saturated carbocycles. The Labute approximate surface area is 556 Å². The van der Waals surface area contributed by atoms with Gasteiger partial charge in [0, 0.05) is 90.2 Å². The van der Waals surface area contributed by atoms with Crippen LogP contribution in [-0.2, 0) is 43.5 Å². The molecule has 0 atom stereocenters. The van der Waals surface area contributed by atoms with Gasteiger partial charge >= 0.3 is 25.0 Å². The lowest BCUT2D eigenvalue weighted by Crippen LogP contribution is -2.27. The number of anilines is 3. The zero-order chi connectivity index (χ0) is 66.4. The molecule has 0 bridgehead atoms. The first-order chi connectivity index (χ1) is 43.9. The zero-order valence-corrected chi connectivity index (χ0v) is 54.9. The van der Waals surface area contributed by atoms with Gasteiger partial charge < -0.3 is 66.3 Å². The van der Waals surface area contributed by atoms with Gasteiger partial charge in [-0.2, -0.15) is 0 Å². The summed E-state index contributed by atoms with van der Waals surface area (Å²) in [5.74, 6) is -0.471. The van der Waals surface area contributed by atoms with Crippen LogP contribution in [0.2, 0.25) is 15.1 Å². The van der Waals surface area contributed by atoms with Gasteiger partial charge in [0.15, 0.2) is 16.3 Å². The third-order valence-corrected chi connectivity index (χ3v) is 16.0. The standard InChI is InChI=1S/C23H21ClN2O4.C21H17ClN2O4.C19H18BrClN2O3.C4H5BO3.CH4/c1-4-29-20(27)13-26-18-12-14(19-6-5-11-30-19)7-8-15(18)23(28)16-9-10-17(24)22(21(16)26)25(2)3;1-23(2)20-15(22)8-7-14-19(20)24(11-18(25)26)16-10-12(17-4-3-9-28-17)5-6-13(16)21(14)27;1-4-26-16(24)10-23-15-9-11(20)5-6-12(15)19(25)13-7-8-14(21)18(17(13)23)22(2)3;6-5(7)4-2-1-3-8-4;/h5-12H,4,13H2,1-3H3;3-10H,11H2,1-2H3,(H,25,26);5-9H,4,10H2,1-3H3;1-3,6-7H;1H4. The number of ether oxygens (including phenoxy) is 2. The van der Waals surface area contributed by atoms with Crippen LogP contribution < -0.4 is 36.6 Å². The third kappa shape index (κ3) is 14.7. The highest BCUT2D eigenvalue weighted by Gasteiger charge is 2.24. The first-order valence-corrected chi connectivity index (χ1v) is 30.4. The van der Waals surface area contributed by atoms with Gasteiger partial charge in [-0.25, -0.2) is 0 Å². The van der Waals surface area contributed by atoms with E-state index in [4.69, 9.17) is 63.2 Å². The Kier molecular flexibility index (Phi) is 22.4. The van der Waals surface area contributed by atoms with E-state index in [0.717, 1.165) is 15.6 Å². The van der Waals surface area contributed by atoms with E-state index in [2.05, 4.69) is 20.3 Å². The SMILES string of the molecule is C.CCOC(=O)Cn1c2cc(-c3ccco3)ccc2c(=O)c2ccc(Cl)c(N(C)C)c21.CCOC(=O)Cn1c2cc(Br)ccc2c(=O)c2ccc(Cl)c(N(C)C)c21.CN(C)c1c(Cl)ccc2c(=O)c3ccc(-c4ccco4)cc3n(CC(=O)O)c12.OB(O)c1ccco1. The van der Waals surface area contributed by atoms with Crippen molar-refractivity contribution in [1.29, 1.82) is 0 Å². The van der Waals surface area contributed by atoms with Crippen molar-refractivity contribution in [2.45, 2.75) is 40.9 Å². The average Bonchev–Trinajstić information content (AvgIpc) is 1.30. The number of carboxylic acids is 1. The van der Waals surface area contributed by atoms with Crippen LogP contribution in [0.15, 0.2) is 178 Å². The molecule has 12 rings (SSSR count). The molecule has 0 aliphatic rings. The van der Waals surface area contributed by atoms with Crippen molar-refractivity contribution in [2.75, 3.05) is 70.2 Å². The summed E-state index contributed by atoms with van der Waals surface area (Å²) in [5.41, 5.74) is 6.77. The van der Waals surface area contributed by atoms with Gasteiger partial charge in [0.1, 0.15) is 36.8 Å². The number of nitrogens with zero attached hydrogens (tertiary/aromatic N) is 6. The van der Waals surface area contributed by atoms with Crippen LogP contribution in [0.25, 0.3) is 88.1 Å². The molecule has 6 aromatic carbocycles. The fourth-order valence-corrected chi connectivity index (χ4v) is 12.2. The van der Waals surface area contributed by atoms with Gasteiger partial charge in [-0.3, -0.25) is 28.8 Å². The van der Waals surface area contributed by atoms with Crippen LogP contribution in [0.4, 0.5) is 17.1 Å². The topological polar surface area (TPSA) is 246 Å². The predicted molar refractivity (Wildman–Crippen MR) is 374 cm³/mol. The van der Waals surface area contributed by atoms with E-state index in [1.165, 1.54) is 12.3 Å². The molecule has 12 aromatic rings. The van der Waals surface area contributed by atoms with E-state index in [-0.39, 0.29) is 61.6 Å². The van der Waals surface area contributed by atoms with Crippen molar-refractivity contribution in [3.8, 4) is 22.6 Å². The Bertz CT molecular complexity index is 4930. The normalized spacial score (nSPS) is 10.9. The van der Waals surface area contributed by atoms with Crippen molar-refractivity contribution in [1.82, 2.24) is 13.7 Å².